The molecule has 0 bridgehead atoms. The number of Topliss-reactive ketones (excluding diaryl/α,β-unsaturated/α-hetero) is 1. The molecule has 3 aliphatic heterocycles. The molecule has 38 heavy (non-hydrogen) atoms. The van der Waals surface area contributed by atoms with Crippen LogP contribution >= 0.6 is 11.6 Å². The minimum atomic E-state index is -1.91. The lowest BCUT2D eigenvalue weighted by atomic mass is 9.88. The van der Waals surface area contributed by atoms with Crippen molar-refractivity contribution in [3.8, 4) is 11.5 Å². The molecule has 3 heterocycles. The Hall–Kier alpha value is -3.43. The lowest BCUT2D eigenvalue weighted by Gasteiger charge is -2.37. The maximum absolute atomic E-state index is 13.6. The first-order valence-corrected chi connectivity index (χ1v) is 13.0. The van der Waals surface area contributed by atoms with E-state index in [4.69, 9.17) is 21.1 Å². The van der Waals surface area contributed by atoms with Gasteiger partial charge in [-0.05, 0) is 48.0 Å². The number of aliphatic hydroxyl groups is 1. The van der Waals surface area contributed by atoms with Crippen molar-refractivity contribution in [2.24, 2.45) is 0 Å². The van der Waals surface area contributed by atoms with E-state index in [0.717, 1.165) is 44.2 Å². The van der Waals surface area contributed by atoms with Crippen molar-refractivity contribution >= 4 is 29.0 Å². The van der Waals surface area contributed by atoms with Crippen molar-refractivity contribution in [1.29, 1.82) is 0 Å². The molecule has 3 aliphatic rings. The number of hydrogen-bond acceptors (Lipinski definition) is 7. The van der Waals surface area contributed by atoms with E-state index in [1.54, 1.807) is 41.3 Å². The molecule has 0 aromatic heterocycles. The Bertz CT molecular complexity index is 1370. The van der Waals surface area contributed by atoms with Crippen LogP contribution in [0.1, 0.15) is 27.9 Å². The summed E-state index contributed by atoms with van der Waals surface area (Å²) in [4.78, 5) is 32.8. The number of carbonyl (C=O) groups is 2. The van der Waals surface area contributed by atoms with Crippen molar-refractivity contribution in [3.63, 3.8) is 0 Å². The Morgan fingerprint density at radius 2 is 1.63 bits per heavy atom. The SMILES string of the molecule is O=C(CC1(O)C(=O)N(CN2CCN(Cc3ccc4c(c3)OCO4)CC2)c2ccccc21)c1ccc(Cl)cc1. The molecule has 0 radical (unpaired) electrons. The molecular weight excluding hydrogens is 506 g/mol. The Morgan fingerprint density at radius 3 is 2.42 bits per heavy atom. The molecule has 1 atom stereocenters. The van der Waals surface area contributed by atoms with Gasteiger partial charge in [0.2, 0.25) is 6.79 Å². The summed E-state index contributed by atoms with van der Waals surface area (Å²) in [6.07, 6.45) is -0.329. The molecule has 1 unspecified atom stereocenters. The number of hydrogen-bond donors (Lipinski definition) is 1. The molecule has 0 aliphatic carbocycles. The Morgan fingerprint density at radius 1 is 0.921 bits per heavy atom. The zero-order chi connectivity index (χ0) is 26.3. The Kier molecular flexibility index (Phi) is 6.57. The third kappa shape index (κ3) is 4.65. The molecule has 0 spiro atoms. The molecule has 1 fully saturated rings. The van der Waals surface area contributed by atoms with E-state index in [0.29, 0.717) is 28.5 Å². The summed E-state index contributed by atoms with van der Waals surface area (Å²) < 4.78 is 10.9. The molecule has 3 aromatic carbocycles. The second kappa shape index (κ2) is 10.0. The van der Waals surface area contributed by atoms with E-state index in [9.17, 15) is 14.7 Å². The number of nitrogens with zero attached hydrogens (tertiary/aromatic N) is 3. The van der Waals surface area contributed by atoms with E-state index in [-0.39, 0.29) is 19.0 Å². The average Bonchev–Trinajstić information content (AvgIpc) is 3.47. The van der Waals surface area contributed by atoms with Gasteiger partial charge >= 0.3 is 0 Å². The van der Waals surface area contributed by atoms with Gasteiger partial charge in [0.25, 0.3) is 5.91 Å². The van der Waals surface area contributed by atoms with Crippen LogP contribution in [-0.2, 0) is 16.9 Å². The maximum atomic E-state index is 13.6. The fourth-order valence-electron chi connectivity index (χ4n) is 5.37. The van der Waals surface area contributed by atoms with E-state index in [1.807, 2.05) is 24.3 Å². The number of amides is 1. The number of ketones is 1. The first kappa shape index (κ1) is 24.9. The molecule has 6 rings (SSSR count). The van der Waals surface area contributed by atoms with Crippen LogP contribution in [0.25, 0.3) is 0 Å². The highest BCUT2D eigenvalue weighted by Gasteiger charge is 2.51. The number of ether oxygens (including phenoxy) is 2. The zero-order valence-corrected chi connectivity index (χ0v) is 21.6. The Labute approximate surface area is 225 Å². The van der Waals surface area contributed by atoms with Crippen LogP contribution in [0.2, 0.25) is 5.02 Å². The highest BCUT2D eigenvalue weighted by atomic mass is 35.5. The molecule has 1 amide bonds. The van der Waals surface area contributed by atoms with Crippen LogP contribution in [0, 0.1) is 0 Å². The first-order valence-electron chi connectivity index (χ1n) is 12.7. The summed E-state index contributed by atoms with van der Waals surface area (Å²) in [5, 5.41) is 12.1. The summed E-state index contributed by atoms with van der Waals surface area (Å²) in [6.45, 7) is 4.67. The predicted molar refractivity (Wildman–Crippen MR) is 143 cm³/mol. The van der Waals surface area contributed by atoms with Crippen LogP contribution in [0.5, 0.6) is 11.5 Å². The fraction of sp³-hybridized carbons (Fsp3) is 0.310. The largest absolute Gasteiger partial charge is 0.454 e. The second-order valence-electron chi connectivity index (χ2n) is 9.94. The summed E-state index contributed by atoms with van der Waals surface area (Å²) in [7, 11) is 0. The van der Waals surface area contributed by atoms with Gasteiger partial charge < -0.3 is 14.6 Å². The van der Waals surface area contributed by atoms with Crippen LogP contribution in [0.15, 0.2) is 66.7 Å². The average molecular weight is 534 g/mol. The first-order chi connectivity index (χ1) is 18.4. The highest BCUT2D eigenvalue weighted by molar-refractivity contribution is 6.30. The van der Waals surface area contributed by atoms with Crippen LogP contribution in [0.3, 0.4) is 0 Å². The third-order valence-electron chi connectivity index (χ3n) is 7.47. The summed E-state index contributed by atoms with van der Waals surface area (Å²) in [6, 6.07) is 19.7. The van der Waals surface area contributed by atoms with Gasteiger partial charge in [-0.25, -0.2) is 0 Å². The number of carbonyl (C=O) groups excluding carboxylic acids is 2. The summed E-state index contributed by atoms with van der Waals surface area (Å²) >= 11 is 5.95. The number of piperazine rings is 1. The van der Waals surface area contributed by atoms with Crippen LogP contribution in [-0.4, -0.2) is 66.2 Å². The van der Waals surface area contributed by atoms with Gasteiger partial charge in [0.1, 0.15) is 0 Å². The quantitative estimate of drug-likeness (QED) is 0.464. The fourth-order valence-corrected chi connectivity index (χ4v) is 5.50. The number of benzene rings is 3. The standard InChI is InChI=1S/C29H28ClN3O5/c30-22-8-6-21(7-9-22)25(34)16-29(36)23-3-1-2-4-24(23)33(28(29)35)18-32-13-11-31(12-14-32)17-20-5-10-26-27(15-20)38-19-37-26/h1-10,15,36H,11-14,16-19H2. The van der Waals surface area contributed by atoms with Gasteiger partial charge in [-0.1, -0.05) is 35.9 Å². The van der Waals surface area contributed by atoms with Crippen molar-refractivity contribution in [1.82, 2.24) is 9.80 Å². The van der Waals surface area contributed by atoms with E-state index in [2.05, 4.69) is 15.9 Å². The van der Waals surface area contributed by atoms with Crippen molar-refractivity contribution < 1.29 is 24.2 Å². The van der Waals surface area contributed by atoms with Gasteiger partial charge in [-0.2, -0.15) is 0 Å². The molecule has 0 saturated carbocycles. The molecule has 8 nitrogen and oxygen atoms in total. The van der Waals surface area contributed by atoms with Crippen molar-refractivity contribution in [2.45, 2.75) is 18.6 Å². The maximum Gasteiger partial charge on any atom is 0.265 e. The van der Waals surface area contributed by atoms with Gasteiger partial charge in [0.15, 0.2) is 22.9 Å². The zero-order valence-electron chi connectivity index (χ0n) is 20.8. The van der Waals surface area contributed by atoms with E-state index in [1.165, 1.54) is 5.56 Å². The highest BCUT2D eigenvalue weighted by Crippen LogP contribution is 2.43. The minimum absolute atomic E-state index is 0.264. The summed E-state index contributed by atoms with van der Waals surface area (Å²) in [5.41, 5.74) is 0.779. The molecule has 1 saturated heterocycles. The number of anilines is 1. The lowest BCUT2D eigenvalue weighted by Crippen LogP contribution is -2.52. The van der Waals surface area contributed by atoms with Gasteiger partial charge in [-0.3, -0.25) is 24.3 Å². The van der Waals surface area contributed by atoms with E-state index >= 15 is 0 Å². The monoisotopic (exact) mass is 533 g/mol. The van der Waals surface area contributed by atoms with Gasteiger partial charge in [0, 0.05) is 48.9 Å². The number of halogens is 1. The third-order valence-corrected chi connectivity index (χ3v) is 7.72. The van der Waals surface area contributed by atoms with E-state index < -0.39 is 11.5 Å². The van der Waals surface area contributed by atoms with Gasteiger partial charge in [0.05, 0.1) is 18.8 Å². The predicted octanol–water partition coefficient (Wildman–Crippen LogP) is 3.65. The van der Waals surface area contributed by atoms with Crippen LogP contribution < -0.4 is 14.4 Å². The van der Waals surface area contributed by atoms with Crippen molar-refractivity contribution in [2.75, 3.05) is 44.5 Å². The Balaban J connectivity index is 1.11. The molecule has 1 N–H and O–H groups in total. The van der Waals surface area contributed by atoms with Crippen LogP contribution in [0.4, 0.5) is 5.69 Å². The van der Waals surface area contributed by atoms with Gasteiger partial charge in [-0.15, -0.1) is 0 Å². The number of rotatable bonds is 7. The minimum Gasteiger partial charge on any atom is -0.454 e. The second-order valence-corrected chi connectivity index (χ2v) is 10.4. The number of fused-ring (bicyclic) bond motifs is 2. The molecular formula is C29H28ClN3O5. The number of para-hydroxylation sites is 1. The smallest absolute Gasteiger partial charge is 0.265 e. The van der Waals surface area contributed by atoms with Crippen molar-refractivity contribution in [3.05, 3.63) is 88.4 Å². The molecule has 3 aromatic rings. The lowest BCUT2D eigenvalue weighted by molar-refractivity contribution is -0.136. The normalized spacial score (nSPS) is 21.1. The summed E-state index contributed by atoms with van der Waals surface area (Å²) in [5.74, 6) is 0.786. The molecule has 196 valence electrons. The topological polar surface area (TPSA) is 82.6 Å². The molecule has 9 heteroatoms.